The topological polar surface area (TPSA) is 38.4 Å². The Morgan fingerprint density at radius 2 is 2.06 bits per heavy atom. The molecule has 0 spiro atoms. The minimum absolute atomic E-state index is 0.313. The molecule has 0 bridgehead atoms. The van der Waals surface area contributed by atoms with Crippen LogP contribution in [0.3, 0.4) is 0 Å². The quantitative estimate of drug-likeness (QED) is 0.801. The third kappa shape index (κ3) is 2.64. The van der Waals surface area contributed by atoms with Gasteiger partial charge in [-0.1, -0.05) is 13.8 Å². The Hall–Kier alpha value is -0.840. The zero-order chi connectivity index (χ0) is 12.3. The summed E-state index contributed by atoms with van der Waals surface area (Å²) in [5.74, 6) is -0.611. The van der Waals surface area contributed by atoms with Gasteiger partial charge in [0.05, 0.1) is 6.04 Å². The molecule has 0 amide bonds. The number of hydrogen-bond donors (Lipinski definition) is 1. The molecule has 2 nitrogen and oxygen atoms in total. The van der Waals surface area contributed by atoms with Crippen LogP contribution in [0.25, 0.3) is 0 Å². The standard InChI is InChI=1S/C11H17F3N2/c1-3-7-8(11(12,13)14)5-6-16-10(7)9(15)4-2/h5-7,9-10H,3-4,15H2,1-2H3. The third-order valence-electron chi connectivity index (χ3n) is 3.00. The second-order valence-corrected chi connectivity index (χ2v) is 4.00. The van der Waals surface area contributed by atoms with Gasteiger partial charge in [0.2, 0.25) is 0 Å². The van der Waals surface area contributed by atoms with Crippen LogP contribution in [0.5, 0.6) is 0 Å². The Kier molecular flexibility index (Phi) is 4.13. The van der Waals surface area contributed by atoms with Gasteiger partial charge in [-0.3, -0.25) is 4.99 Å². The summed E-state index contributed by atoms with van der Waals surface area (Å²) in [6, 6.07) is -0.760. The van der Waals surface area contributed by atoms with Gasteiger partial charge in [-0.25, -0.2) is 0 Å². The Labute approximate surface area is 93.4 Å². The maximum Gasteiger partial charge on any atom is 0.413 e. The zero-order valence-corrected chi connectivity index (χ0v) is 9.46. The lowest BCUT2D eigenvalue weighted by molar-refractivity contribution is -0.101. The van der Waals surface area contributed by atoms with Crippen LogP contribution in [0.1, 0.15) is 26.7 Å². The molecule has 3 atom stereocenters. The number of nitrogens with two attached hydrogens (primary N) is 1. The first-order valence-corrected chi connectivity index (χ1v) is 5.47. The monoisotopic (exact) mass is 234 g/mol. The predicted molar refractivity (Wildman–Crippen MR) is 58.5 cm³/mol. The van der Waals surface area contributed by atoms with Gasteiger partial charge in [0.25, 0.3) is 0 Å². The molecular formula is C11H17F3N2. The maximum absolute atomic E-state index is 12.7. The number of aliphatic imine (C=N–C) groups is 1. The summed E-state index contributed by atoms with van der Waals surface area (Å²) < 4.78 is 38.2. The molecule has 1 aliphatic rings. The Bertz CT molecular complexity index is 294. The molecule has 1 aliphatic heterocycles. The second-order valence-electron chi connectivity index (χ2n) is 4.00. The van der Waals surface area contributed by atoms with Crippen molar-refractivity contribution in [2.75, 3.05) is 0 Å². The van der Waals surface area contributed by atoms with Crippen LogP contribution in [0.2, 0.25) is 0 Å². The summed E-state index contributed by atoms with van der Waals surface area (Å²) in [4.78, 5) is 4.09. The number of hydrogen-bond acceptors (Lipinski definition) is 2. The molecule has 0 aromatic heterocycles. The van der Waals surface area contributed by atoms with Crippen LogP contribution in [0, 0.1) is 5.92 Å². The van der Waals surface area contributed by atoms with Gasteiger partial charge in [0.15, 0.2) is 0 Å². The molecule has 2 N–H and O–H groups in total. The summed E-state index contributed by atoms with van der Waals surface area (Å²) in [6.45, 7) is 3.60. The molecule has 0 saturated heterocycles. The van der Waals surface area contributed by atoms with E-state index >= 15 is 0 Å². The highest BCUT2D eigenvalue weighted by molar-refractivity contribution is 5.74. The molecule has 1 rings (SSSR count). The van der Waals surface area contributed by atoms with Crippen molar-refractivity contribution in [3.05, 3.63) is 11.6 Å². The fraction of sp³-hybridized carbons (Fsp3) is 0.727. The molecular weight excluding hydrogens is 217 g/mol. The van der Waals surface area contributed by atoms with Gasteiger partial charge >= 0.3 is 6.18 Å². The second kappa shape index (κ2) is 4.99. The minimum atomic E-state index is -4.28. The van der Waals surface area contributed by atoms with Gasteiger partial charge in [-0.15, -0.1) is 0 Å². The molecule has 0 radical (unpaired) electrons. The van der Waals surface area contributed by atoms with E-state index in [1.165, 1.54) is 6.21 Å². The van der Waals surface area contributed by atoms with Gasteiger partial charge in [-0.05, 0) is 18.9 Å². The highest BCUT2D eigenvalue weighted by Crippen LogP contribution is 2.37. The van der Waals surface area contributed by atoms with E-state index < -0.39 is 23.7 Å². The Balaban J connectivity index is 2.96. The van der Waals surface area contributed by atoms with E-state index in [0.717, 1.165) is 6.08 Å². The van der Waals surface area contributed by atoms with Crippen LogP contribution in [-0.4, -0.2) is 24.5 Å². The van der Waals surface area contributed by atoms with Crippen LogP contribution in [0.15, 0.2) is 16.6 Å². The van der Waals surface area contributed by atoms with Gasteiger partial charge in [0, 0.05) is 23.7 Å². The first-order chi connectivity index (χ1) is 7.41. The highest BCUT2D eigenvalue weighted by atomic mass is 19.4. The van der Waals surface area contributed by atoms with Crippen molar-refractivity contribution >= 4 is 6.21 Å². The fourth-order valence-corrected chi connectivity index (χ4v) is 2.05. The van der Waals surface area contributed by atoms with E-state index in [2.05, 4.69) is 4.99 Å². The molecule has 3 unspecified atom stereocenters. The lowest BCUT2D eigenvalue weighted by atomic mass is 9.82. The summed E-state index contributed by atoms with van der Waals surface area (Å²) in [5.41, 5.74) is 5.31. The molecule has 1 heterocycles. The molecule has 0 aliphatic carbocycles. The fourth-order valence-electron chi connectivity index (χ4n) is 2.05. The van der Waals surface area contributed by atoms with Crippen LogP contribution in [0.4, 0.5) is 13.2 Å². The number of nitrogens with zero attached hydrogens (tertiary/aromatic N) is 1. The van der Waals surface area contributed by atoms with E-state index in [1.807, 2.05) is 6.92 Å². The van der Waals surface area contributed by atoms with Gasteiger partial charge in [-0.2, -0.15) is 13.2 Å². The van der Waals surface area contributed by atoms with Crippen LogP contribution in [-0.2, 0) is 0 Å². The third-order valence-corrected chi connectivity index (χ3v) is 3.00. The van der Waals surface area contributed by atoms with Crippen molar-refractivity contribution in [2.24, 2.45) is 16.6 Å². The van der Waals surface area contributed by atoms with Crippen molar-refractivity contribution in [3.63, 3.8) is 0 Å². The summed E-state index contributed by atoms with van der Waals surface area (Å²) in [7, 11) is 0. The number of rotatable bonds is 3. The van der Waals surface area contributed by atoms with Crippen LogP contribution >= 0.6 is 0 Å². The van der Waals surface area contributed by atoms with E-state index in [-0.39, 0.29) is 6.04 Å². The van der Waals surface area contributed by atoms with E-state index in [1.54, 1.807) is 6.92 Å². The van der Waals surface area contributed by atoms with Crippen molar-refractivity contribution in [1.29, 1.82) is 0 Å². The first-order valence-electron chi connectivity index (χ1n) is 5.47. The van der Waals surface area contributed by atoms with Crippen molar-refractivity contribution in [3.8, 4) is 0 Å². The zero-order valence-electron chi connectivity index (χ0n) is 9.46. The molecule has 16 heavy (non-hydrogen) atoms. The van der Waals surface area contributed by atoms with Gasteiger partial charge < -0.3 is 5.73 Å². The summed E-state index contributed by atoms with van der Waals surface area (Å²) >= 11 is 0. The molecule has 0 fully saturated rings. The smallest absolute Gasteiger partial charge is 0.326 e. The average Bonchev–Trinajstić information content (AvgIpc) is 2.25. The number of alkyl halides is 3. The molecule has 5 heteroatoms. The lowest BCUT2D eigenvalue weighted by Crippen LogP contribution is -2.42. The number of allylic oxidation sites excluding steroid dienone is 1. The normalized spacial score (nSPS) is 27.8. The maximum atomic E-state index is 12.7. The number of dihydropyridines is 1. The van der Waals surface area contributed by atoms with E-state index in [4.69, 9.17) is 5.73 Å². The summed E-state index contributed by atoms with van der Waals surface area (Å²) in [5, 5.41) is 0. The summed E-state index contributed by atoms with van der Waals surface area (Å²) in [6.07, 6.45) is -0.953. The van der Waals surface area contributed by atoms with Crippen LogP contribution < -0.4 is 5.73 Å². The molecule has 0 aromatic rings. The average molecular weight is 234 g/mol. The lowest BCUT2D eigenvalue weighted by Gasteiger charge is -2.32. The predicted octanol–water partition coefficient (Wildman–Crippen LogP) is 2.69. The minimum Gasteiger partial charge on any atom is -0.326 e. The van der Waals surface area contributed by atoms with Crippen molar-refractivity contribution in [2.45, 2.75) is 44.9 Å². The number of halogens is 3. The van der Waals surface area contributed by atoms with Crippen molar-refractivity contribution < 1.29 is 13.2 Å². The highest BCUT2D eigenvalue weighted by Gasteiger charge is 2.42. The van der Waals surface area contributed by atoms with Crippen molar-refractivity contribution in [1.82, 2.24) is 0 Å². The Morgan fingerprint density at radius 3 is 2.50 bits per heavy atom. The SMILES string of the molecule is CCC(N)C1N=CC=C(C(F)(F)F)C1CC. The van der Waals surface area contributed by atoms with E-state index in [9.17, 15) is 13.2 Å². The largest absolute Gasteiger partial charge is 0.413 e. The van der Waals surface area contributed by atoms with E-state index in [0.29, 0.717) is 12.8 Å². The molecule has 0 aromatic carbocycles. The molecule has 0 saturated carbocycles. The Morgan fingerprint density at radius 1 is 1.44 bits per heavy atom. The first kappa shape index (κ1) is 13.2. The van der Waals surface area contributed by atoms with Gasteiger partial charge in [0.1, 0.15) is 0 Å². The molecule has 92 valence electrons.